The number of halogens is 9. The molecule has 7 N–H and O–H groups in total. The Bertz CT molecular complexity index is 5210. The summed E-state index contributed by atoms with van der Waals surface area (Å²) in [5, 5.41) is 39.7. The molecule has 0 heterocycles. The molecule has 27 heteroatoms. The van der Waals surface area contributed by atoms with Gasteiger partial charge in [-0.1, -0.05) is 304 Å². The van der Waals surface area contributed by atoms with Gasteiger partial charge in [-0.2, -0.15) is 0 Å². The van der Waals surface area contributed by atoms with Crippen molar-refractivity contribution >= 4 is 186 Å². The Morgan fingerprint density at radius 1 is 0.279 bits per heavy atom. The number of Topliss-reactive ketones (excluding diaryl/α,β-unsaturated/α-hetero) is 1. The van der Waals surface area contributed by atoms with Crippen LogP contribution in [0.25, 0.3) is 0 Å². The highest BCUT2D eigenvalue weighted by Gasteiger charge is 2.21. The molecule has 18 nitrogen and oxygen atoms in total. The average molecular weight is 1930 g/mol. The number of carbonyl (C=O) groups excluding carboxylic acids is 7. The van der Waals surface area contributed by atoms with Gasteiger partial charge >= 0.3 is 17.9 Å². The Hall–Kier alpha value is -11.7. The fourth-order valence-corrected chi connectivity index (χ4v) is 13.5. The number of carbonyl (C=O) groups is 10. The predicted molar refractivity (Wildman–Crippen MR) is 531 cm³/mol. The highest BCUT2D eigenvalue weighted by atomic mass is 35.5. The summed E-state index contributed by atoms with van der Waals surface area (Å²) in [6.07, 6.45) is 0.204. The number of amides is 5. The van der Waals surface area contributed by atoms with Crippen LogP contribution in [0.1, 0.15) is 164 Å². The monoisotopic (exact) mass is 1920 g/mol. The van der Waals surface area contributed by atoms with E-state index < -0.39 is 23.2 Å². The average Bonchev–Trinajstić information content (AvgIpc) is 0.825. The van der Waals surface area contributed by atoms with Crippen molar-refractivity contribution < 1.29 is 63.3 Å². The van der Waals surface area contributed by atoms with E-state index in [0.29, 0.717) is 75.3 Å². The topological polar surface area (TPSA) is 283 Å². The predicted octanol–water partition coefficient (Wildman–Crippen LogP) is 28.2. The van der Waals surface area contributed by atoms with Crippen molar-refractivity contribution in [1.82, 2.24) is 4.90 Å². The zero-order valence-electron chi connectivity index (χ0n) is 74.1. The van der Waals surface area contributed by atoms with E-state index >= 15 is 0 Å². The van der Waals surface area contributed by atoms with Crippen LogP contribution in [-0.4, -0.2) is 92.8 Å². The number of rotatable bonds is 16. The van der Waals surface area contributed by atoms with E-state index in [2.05, 4.69) is 34.3 Å². The quantitative estimate of drug-likeness (QED) is 0.0444. The van der Waals surface area contributed by atoms with Gasteiger partial charge in [-0.25, -0.2) is 9.59 Å². The second-order valence-electron chi connectivity index (χ2n) is 29.4. The first-order valence-corrected chi connectivity index (χ1v) is 43.3. The highest BCUT2D eigenvalue weighted by molar-refractivity contribution is 6.69. The summed E-state index contributed by atoms with van der Waals surface area (Å²) in [6, 6.07) is 79.7. The number of ketones is 1. The van der Waals surface area contributed by atoms with Crippen molar-refractivity contribution in [2.24, 2.45) is 17.8 Å². The van der Waals surface area contributed by atoms with Gasteiger partial charge in [0.15, 0.2) is 0 Å². The van der Waals surface area contributed by atoms with Crippen LogP contribution in [0.3, 0.4) is 0 Å². The molecule has 0 atom stereocenters. The maximum absolute atomic E-state index is 12.5. The lowest BCUT2D eigenvalue weighted by molar-refractivity contribution is -0.140. The van der Waals surface area contributed by atoms with Crippen LogP contribution in [0.2, 0.25) is 40.2 Å². The van der Waals surface area contributed by atoms with Gasteiger partial charge in [-0.05, 0) is 214 Å². The van der Waals surface area contributed by atoms with Crippen LogP contribution in [0.4, 0.5) is 22.7 Å². The summed E-state index contributed by atoms with van der Waals surface area (Å²) in [6.45, 7) is 25.7. The molecular formula is C102H104Cl9N5O13. The highest BCUT2D eigenvalue weighted by Crippen LogP contribution is 2.29. The summed E-state index contributed by atoms with van der Waals surface area (Å²) in [5.41, 5.74) is 13.5. The molecule has 12 aromatic carbocycles. The maximum atomic E-state index is 12.5. The third-order valence-corrected chi connectivity index (χ3v) is 20.9. The summed E-state index contributed by atoms with van der Waals surface area (Å²) < 4.78 is 0. The van der Waals surface area contributed by atoms with Crippen LogP contribution in [0.5, 0.6) is 0 Å². The van der Waals surface area contributed by atoms with E-state index in [1.54, 1.807) is 157 Å². The Morgan fingerprint density at radius 2 is 0.504 bits per heavy atom. The van der Waals surface area contributed by atoms with Crippen LogP contribution >= 0.6 is 104 Å². The lowest BCUT2D eigenvalue weighted by Crippen LogP contribution is -2.26. The molecule has 0 aliphatic rings. The van der Waals surface area contributed by atoms with Crippen molar-refractivity contribution in [3.63, 3.8) is 0 Å². The Kier molecular flexibility index (Phi) is 50.2. The number of aliphatic carboxylic acids is 1. The molecule has 5 amide bonds. The molecule has 0 saturated heterocycles. The van der Waals surface area contributed by atoms with E-state index in [-0.39, 0.29) is 80.7 Å². The molecule has 0 unspecified atom stereocenters. The number of carboxylic acids is 3. The van der Waals surface area contributed by atoms with E-state index in [1.807, 2.05) is 213 Å². The number of aryl methyl sites for hydroxylation is 7. The van der Waals surface area contributed by atoms with Gasteiger partial charge in [0.1, 0.15) is 5.78 Å². The van der Waals surface area contributed by atoms with Gasteiger partial charge in [0.2, 0.25) is 5.91 Å². The third-order valence-electron chi connectivity index (χ3n) is 18.1. The van der Waals surface area contributed by atoms with Crippen molar-refractivity contribution in [2.75, 3.05) is 35.4 Å². The van der Waals surface area contributed by atoms with Gasteiger partial charge in [-0.15, -0.1) is 0 Å². The second-order valence-corrected chi connectivity index (χ2v) is 33.0. The number of benzene rings is 12. The van der Waals surface area contributed by atoms with E-state index in [0.717, 1.165) is 44.3 Å². The number of anilines is 4. The van der Waals surface area contributed by atoms with Gasteiger partial charge in [0.25, 0.3) is 28.9 Å². The van der Waals surface area contributed by atoms with E-state index in [9.17, 15) is 47.9 Å². The molecule has 0 fully saturated rings. The Labute approximate surface area is 800 Å². The zero-order valence-corrected chi connectivity index (χ0v) is 80.9. The molecule has 0 aromatic heterocycles. The Balaban J connectivity index is 0.000000377. The first kappa shape index (κ1) is 112. The molecule has 12 rings (SSSR count). The molecule has 0 bridgehead atoms. The van der Waals surface area contributed by atoms with Gasteiger partial charge < -0.3 is 41.5 Å². The van der Waals surface area contributed by atoms with Crippen LogP contribution in [0.15, 0.2) is 267 Å². The first-order valence-electron chi connectivity index (χ1n) is 39.9. The fraction of sp³-hybridized carbons (Fsp3) is 0.196. The lowest BCUT2D eigenvalue weighted by atomic mass is 9.97. The molecule has 678 valence electrons. The molecule has 0 spiro atoms. The number of nitrogens with zero attached hydrogens (tertiary/aromatic N) is 1. The minimum atomic E-state index is -0.979. The van der Waals surface area contributed by atoms with Crippen molar-refractivity contribution in [2.45, 2.75) is 103 Å². The summed E-state index contributed by atoms with van der Waals surface area (Å²) in [7, 11) is 3.53. The van der Waals surface area contributed by atoms with Crippen LogP contribution < -0.4 is 21.3 Å². The smallest absolute Gasteiger partial charge is 0.337 e. The number of hydrogen-bond donors (Lipinski definition) is 7. The van der Waals surface area contributed by atoms with Crippen LogP contribution in [-0.2, 0) is 20.8 Å². The fourth-order valence-electron chi connectivity index (χ4n) is 10.9. The minimum Gasteiger partial charge on any atom is -0.481 e. The number of nitrogens with one attached hydrogen (secondary N) is 4. The largest absolute Gasteiger partial charge is 0.481 e. The molecule has 129 heavy (non-hydrogen) atoms. The lowest BCUT2D eigenvalue weighted by Gasteiger charge is -2.12. The Morgan fingerprint density at radius 3 is 0.690 bits per heavy atom. The van der Waals surface area contributed by atoms with Crippen molar-refractivity contribution in [3.05, 3.63) is 396 Å². The molecule has 12 aromatic rings. The maximum Gasteiger partial charge on any atom is 0.337 e. The molecule has 0 saturated carbocycles. The number of carboxylic acid groups (broad SMARTS) is 3. The van der Waals surface area contributed by atoms with E-state index in [1.165, 1.54) is 11.1 Å². The summed E-state index contributed by atoms with van der Waals surface area (Å²) >= 11 is 52.4. The zero-order chi connectivity index (χ0) is 96.9. The van der Waals surface area contributed by atoms with Gasteiger partial charge in [0, 0.05) is 60.1 Å². The van der Waals surface area contributed by atoms with Gasteiger partial charge in [-0.3, -0.25) is 38.4 Å². The normalized spacial score (nSPS) is 9.92. The standard InChI is InChI=1S/C18H18ClNO2.3C14H12ClNO.C8H6Cl2O.2C8H7ClO2.C8H9Cl.C6H13NO.C4H8O2/c1-12(2)16(21)11-13-7-6-10-15(19)17(13)18(22)20-14-8-4-3-5-9-14;3*1-10-6-5-9-12(15)13(10)14(17)16-11-7-3-2-4-8-11;3*1-5-3-2-4-6(9)7(5)8(10)11;1-6-4-3-5-8(9)7(6)2;1-5(2)6(8)7(3)4;1-3(2)4(5)6/h3-10,12H,11H2,1-2H3,(H,20,22);3*2-9H,1H3,(H,16,17);2-4H,1H3;2*2-4H,1H3,(H,10,11);3-5H,1-2H3;5H,1-4H3;3H,1-2H3,(H,5,6). The third kappa shape index (κ3) is 39.5. The van der Waals surface area contributed by atoms with Crippen molar-refractivity contribution in [3.8, 4) is 0 Å². The van der Waals surface area contributed by atoms with Gasteiger partial charge in [0.05, 0.1) is 80.0 Å². The molecule has 0 radical (unpaired) electrons. The first-order chi connectivity index (χ1) is 60.8. The number of hydrogen-bond acceptors (Lipinski definition) is 10. The SMILES string of the molecule is CC(C)C(=O)Cc1cccc(Cl)c1C(=O)Nc1ccccc1.CC(C)C(=O)N(C)C.CC(C)C(=O)O.Cc1cccc(Cl)c1C.Cc1cccc(Cl)c1C(=O)Cl.Cc1cccc(Cl)c1C(=O)Nc1ccccc1.Cc1cccc(Cl)c1C(=O)Nc1ccccc1.Cc1cccc(Cl)c1C(=O)Nc1ccccc1.Cc1cccc(Cl)c1C(=O)O.Cc1cccc(Cl)c1C(=O)O. The summed E-state index contributed by atoms with van der Waals surface area (Å²) in [5.74, 6) is -3.46. The minimum absolute atomic E-state index is 0.0796. The molecule has 0 aliphatic heterocycles. The summed E-state index contributed by atoms with van der Waals surface area (Å²) in [4.78, 5) is 115. The van der Waals surface area contributed by atoms with Crippen molar-refractivity contribution in [1.29, 1.82) is 0 Å². The molecule has 0 aliphatic carbocycles. The number of aromatic carboxylic acids is 2. The second kappa shape index (κ2) is 58.0. The van der Waals surface area contributed by atoms with E-state index in [4.69, 9.17) is 120 Å². The van der Waals surface area contributed by atoms with Crippen LogP contribution in [0, 0.1) is 73.1 Å². The molecular weight excluding hydrogens is 1820 g/mol. The number of para-hydroxylation sites is 4.